The van der Waals surface area contributed by atoms with Gasteiger partial charge in [0.25, 0.3) is 0 Å². The van der Waals surface area contributed by atoms with Gasteiger partial charge in [0.2, 0.25) is 5.91 Å². The smallest absolute Gasteiger partial charge is 0.243 e. The van der Waals surface area contributed by atoms with Crippen molar-refractivity contribution in [2.75, 3.05) is 72.0 Å². The summed E-state index contributed by atoms with van der Waals surface area (Å²) in [6.07, 6.45) is 2.39. The van der Waals surface area contributed by atoms with Crippen molar-refractivity contribution >= 4 is 17.6 Å². The lowest BCUT2D eigenvalue weighted by Crippen LogP contribution is -2.44. The Labute approximate surface area is 191 Å². The Bertz CT molecular complexity index is 737. The van der Waals surface area contributed by atoms with Gasteiger partial charge in [0.1, 0.15) is 12.6 Å². The number of anilines is 1. The number of carbonyl (C=O) groups excluding carboxylic acids is 1. The standard InChI is InChI=1S/C23H37N5O4/c1-27(2)21(29)17-26-22(24-12-7-13-28(3)19-8-5-4-6-9-19)25-16-20-18-31-23(32-20)10-14-30-15-11-23/h4-6,8-9,20H,7,10-18H2,1-3H3,(H2,24,25,26). The van der Waals surface area contributed by atoms with E-state index in [0.717, 1.165) is 32.4 Å². The van der Waals surface area contributed by atoms with Gasteiger partial charge in [0.15, 0.2) is 11.7 Å². The Hall–Kier alpha value is -2.36. The van der Waals surface area contributed by atoms with E-state index in [4.69, 9.17) is 14.2 Å². The van der Waals surface area contributed by atoms with E-state index >= 15 is 0 Å². The molecule has 178 valence electrons. The second kappa shape index (κ2) is 12.0. The first-order valence-corrected chi connectivity index (χ1v) is 11.4. The lowest BCUT2D eigenvalue weighted by atomic mass is 10.1. The van der Waals surface area contributed by atoms with Crippen LogP contribution in [0.1, 0.15) is 19.3 Å². The molecule has 1 unspecified atom stereocenters. The molecule has 0 radical (unpaired) electrons. The van der Waals surface area contributed by atoms with Gasteiger partial charge in [-0.2, -0.15) is 0 Å². The number of likely N-dealkylation sites (N-methyl/N-ethyl adjacent to an activating group) is 1. The molecule has 1 aromatic carbocycles. The van der Waals surface area contributed by atoms with Crippen LogP contribution in [-0.2, 0) is 19.0 Å². The highest BCUT2D eigenvalue weighted by Gasteiger charge is 2.42. The summed E-state index contributed by atoms with van der Waals surface area (Å²) in [5.74, 6) is 0.0636. The predicted octanol–water partition coefficient (Wildman–Crippen LogP) is 1.06. The molecule has 2 aliphatic rings. The molecule has 9 heteroatoms. The molecule has 1 spiro atoms. The van der Waals surface area contributed by atoms with E-state index in [0.29, 0.717) is 32.3 Å². The average molecular weight is 448 g/mol. The van der Waals surface area contributed by atoms with Gasteiger partial charge < -0.3 is 34.6 Å². The fourth-order valence-corrected chi connectivity index (χ4v) is 3.67. The third-order valence-corrected chi connectivity index (χ3v) is 5.70. The minimum Gasteiger partial charge on any atom is -0.381 e. The molecule has 0 aromatic heterocycles. The van der Waals surface area contributed by atoms with Gasteiger partial charge in [0, 0.05) is 59.3 Å². The molecule has 0 saturated carbocycles. The molecule has 3 rings (SSSR count). The maximum absolute atomic E-state index is 12.0. The Kier molecular flexibility index (Phi) is 9.13. The normalized spacial score (nSPS) is 20.2. The van der Waals surface area contributed by atoms with Crippen molar-refractivity contribution in [1.29, 1.82) is 0 Å². The van der Waals surface area contributed by atoms with Crippen LogP contribution in [0.2, 0.25) is 0 Å². The first-order chi connectivity index (χ1) is 15.5. The van der Waals surface area contributed by atoms with Crippen molar-refractivity contribution < 1.29 is 19.0 Å². The van der Waals surface area contributed by atoms with Crippen LogP contribution in [0, 0.1) is 0 Å². The fourth-order valence-electron chi connectivity index (χ4n) is 3.67. The van der Waals surface area contributed by atoms with Crippen LogP contribution in [0.15, 0.2) is 35.3 Å². The van der Waals surface area contributed by atoms with E-state index in [-0.39, 0.29) is 18.6 Å². The monoisotopic (exact) mass is 447 g/mol. The summed E-state index contributed by atoms with van der Waals surface area (Å²) in [5.41, 5.74) is 1.19. The zero-order chi connectivity index (χ0) is 22.8. The maximum Gasteiger partial charge on any atom is 0.243 e. The van der Waals surface area contributed by atoms with Crippen LogP contribution in [-0.4, -0.2) is 95.8 Å². The molecule has 2 heterocycles. The van der Waals surface area contributed by atoms with Gasteiger partial charge in [0.05, 0.1) is 19.8 Å². The van der Waals surface area contributed by atoms with Gasteiger partial charge in [-0.15, -0.1) is 0 Å². The molecule has 1 amide bonds. The van der Waals surface area contributed by atoms with Gasteiger partial charge in [-0.25, -0.2) is 4.99 Å². The van der Waals surface area contributed by atoms with Crippen molar-refractivity contribution in [3.63, 3.8) is 0 Å². The summed E-state index contributed by atoms with van der Waals surface area (Å²) in [6.45, 7) is 4.17. The van der Waals surface area contributed by atoms with E-state index in [1.165, 1.54) is 5.69 Å². The lowest BCUT2D eigenvalue weighted by molar-refractivity contribution is -0.210. The maximum atomic E-state index is 12.0. The van der Waals surface area contributed by atoms with Crippen LogP contribution >= 0.6 is 0 Å². The second-order valence-corrected chi connectivity index (χ2v) is 8.45. The number of aliphatic imine (C=N–C) groups is 1. The second-order valence-electron chi connectivity index (χ2n) is 8.45. The van der Waals surface area contributed by atoms with E-state index in [2.05, 4.69) is 39.7 Å². The molecular formula is C23H37N5O4. The van der Waals surface area contributed by atoms with Crippen molar-refractivity contribution in [3.8, 4) is 0 Å². The molecule has 2 fully saturated rings. The largest absolute Gasteiger partial charge is 0.381 e. The Morgan fingerprint density at radius 1 is 1.16 bits per heavy atom. The zero-order valence-electron chi connectivity index (χ0n) is 19.5. The summed E-state index contributed by atoms with van der Waals surface area (Å²) in [7, 11) is 5.55. The van der Waals surface area contributed by atoms with E-state index in [9.17, 15) is 4.79 Å². The number of amides is 1. The van der Waals surface area contributed by atoms with E-state index < -0.39 is 5.79 Å². The summed E-state index contributed by atoms with van der Waals surface area (Å²) in [5, 5.41) is 6.66. The number of hydrogen-bond acceptors (Lipinski definition) is 6. The Morgan fingerprint density at radius 2 is 1.91 bits per heavy atom. The van der Waals surface area contributed by atoms with E-state index in [1.807, 2.05) is 18.2 Å². The number of nitrogens with one attached hydrogen (secondary N) is 2. The SMILES string of the molecule is CN(C)C(=O)CN=C(NCCCN(C)c1ccccc1)NCC1COC2(CCOCC2)O1. The summed E-state index contributed by atoms with van der Waals surface area (Å²) < 4.78 is 17.6. The number of rotatable bonds is 9. The number of benzene rings is 1. The summed E-state index contributed by atoms with van der Waals surface area (Å²) >= 11 is 0. The molecule has 32 heavy (non-hydrogen) atoms. The molecule has 2 saturated heterocycles. The number of carbonyl (C=O) groups is 1. The van der Waals surface area contributed by atoms with E-state index in [1.54, 1.807) is 19.0 Å². The van der Waals surface area contributed by atoms with Gasteiger partial charge in [-0.3, -0.25) is 4.79 Å². The van der Waals surface area contributed by atoms with Crippen molar-refractivity contribution in [1.82, 2.24) is 15.5 Å². The molecule has 2 N–H and O–H groups in total. The van der Waals surface area contributed by atoms with Crippen LogP contribution in [0.4, 0.5) is 5.69 Å². The molecule has 1 atom stereocenters. The third-order valence-electron chi connectivity index (χ3n) is 5.70. The van der Waals surface area contributed by atoms with Gasteiger partial charge >= 0.3 is 0 Å². The van der Waals surface area contributed by atoms with Crippen LogP contribution in [0.5, 0.6) is 0 Å². The van der Waals surface area contributed by atoms with Gasteiger partial charge in [-0.1, -0.05) is 18.2 Å². The molecule has 2 aliphatic heterocycles. The lowest BCUT2D eigenvalue weighted by Gasteiger charge is -2.31. The third kappa shape index (κ3) is 7.36. The summed E-state index contributed by atoms with van der Waals surface area (Å²) in [4.78, 5) is 20.2. The molecule has 0 aliphatic carbocycles. The quantitative estimate of drug-likeness (QED) is 0.332. The number of para-hydroxylation sites is 1. The van der Waals surface area contributed by atoms with Crippen molar-refractivity contribution in [3.05, 3.63) is 30.3 Å². The highest BCUT2D eigenvalue weighted by molar-refractivity contribution is 5.84. The molecule has 9 nitrogen and oxygen atoms in total. The van der Waals surface area contributed by atoms with Crippen molar-refractivity contribution in [2.24, 2.45) is 4.99 Å². The first-order valence-electron chi connectivity index (χ1n) is 11.4. The predicted molar refractivity (Wildman–Crippen MR) is 125 cm³/mol. The highest BCUT2D eigenvalue weighted by atomic mass is 16.7. The zero-order valence-corrected chi connectivity index (χ0v) is 19.5. The first kappa shape index (κ1) is 24.3. The fraction of sp³-hybridized carbons (Fsp3) is 0.652. The van der Waals surface area contributed by atoms with Crippen LogP contribution in [0.3, 0.4) is 0 Å². The number of hydrogen-bond donors (Lipinski definition) is 2. The number of guanidine groups is 1. The average Bonchev–Trinajstić information content (AvgIpc) is 3.20. The summed E-state index contributed by atoms with van der Waals surface area (Å²) in [6, 6.07) is 10.3. The van der Waals surface area contributed by atoms with Gasteiger partial charge in [-0.05, 0) is 18.6 Å². The topological polar surface area (TPSA) is 87.7 Å². The highest BCUT2D eigenvalue weighted by Crippen LogP contribution is 2.32. The molecule has 0 bridgehead atoms. The van der Waals surface area contributed by atoms with Crippen LogP contribution < -0.4 is 15.5 Å². The number of nitrogens with zero attached hydrogens (tertiary/aromatic N) is 3. The van der Waals surface area contributed by atoms with Crippen molar-refractivity contribution in [2.45, 2.75) is 31.2 Å². The number of ether oxygens (including phenoxy) is 3. The molecular weight excluding hydrogens is 410 g/mol. The molecule has 1 aromatic rings. The Morgan fingerprint density at radius 3 is 2.62 bits per heavy atom. The van der Waals surface area contributed by atoms with Crippen LogP contribution in [0.25, 0.3) is 0 Å². The minimum absolute atomic E-state index is 0.0449. The minimum atomic E-state index is -0.502. The Balaban J connectivity index is 1.46.